The molecule has 1 aromatic rings. The average Bonchev–Trinajstić information content (AvgIpc) is 3.01. The summed E-state index contributed by atoms with van der Waals surface area (Å²) < 4.78 is 11.3. The SMILES string of the molecule is CCCOc1c(CNCC2CCCN2CC)cc(Cl)cc1OC. The van der Waals surface area contributed by atoms with Gasteiger partial charge in [0.05, 0.1) is 13.7 Å². The molecule has 1 heterocycles. The molecule has 1 saturated heterocycles. The van der Waals surface area contributed by atoms with Gasteiger partial charge in [-0.1, -0.05) is 25.4 Å². The van der Waals surface area contributed by atoms with Crippen molar-refractivity contribution in [2.45, 2.75) is 45.7 Å². The molecule has 0 spiro atoms. The van der Waals surface area contributed by atoms with Crippen molar-refractivity contribution in [1.29, 1.82) is 0 Å². The van der Waals surface area contributed by atoms with Crippen LogP contribution < -0.4 is 14.8 Å². The fourth-order valence-electron chi connectivity index (χ4n) is 3.19. The lowest BCUT2D eigenvalue weighted by Crippen LogP contribution is -2.37. The molecule has 1 atom stereocenters. The Morgan fingerprint density at radius 3 is 2.87 bits per heavy atom. The van der Waals surface area contributed by atoms with E-state index in [9.17, 15) is 0 Å². The molecule has 1 unspecified atom stereocenters. The van der Waals surface area contributed by atoms with Crippen molar-refractivity contribution < 1.29 is 9.47 Å². The minimum atomic E-state index is 0.640. The molecule has 0 amide bonds. The van der Waals surface area contributed by atoms with Crippen LogP contribution in [0, 0.1) is 0 Å². The van der Waals surface area contributed by atoms with Gasteiger partial charge in [-0.05, 0) is 38.4 Å². The van der Waals surface area contributed by atoms with Crippen LogP contribution in [0.1, 0.15) is 38.7 Å². The van der Waals surface area contributed by atoms with Crippen molar-refractivity contribution in [3.8, 4) is 11.5 Å². The van der Waals surface area contributed by atoms with Crippen LogP contribution in [0.15, 0.2) is 12.1 Å². The van der Waals surface area contributed by atoms with Crippen LogP contribution >= 0.6 is 11.6 Å². The molecular formula is C18H29ClN2O2. The molecule has 23 heavy (non-hydrogen) atoms. The molecule has 0 aromatic heterocycles. The maximum Gasteiger partial charge on any atom is 0.165 e. The van der Waals surface area contributed by atoms with Crippen molar-refractivity contribution >= 4 is 11.6 Å². The van der Waals surface area contributed by atoms with Crippen molar-refractivity contribution in [2.24, 2.45) is 0 Å². The van der Waals surface area contributed by atoms with Crippen molar-refractivity contribution in [3.63, 3.8) is 0 Å². The van der Waals surface area contributed by atoms with Gasteiger partial charge in [-0.3, -0.25) is 4.90 Å². The highest BCUT2D eigenvalue weighted by Gasteiger charge is 2.22. The minimum absolute atomic E-state index is 0.640. The summed E-state index contributed by atoms with van der Waals surface area (Å²) in [6, 6.07) is 4.42. The van der Waals surface area contributed by atoms with E-state index >= 15 is 0 Å². The number of rotatable bonds is 9. The van der Waals surface area contributed by atoms with Gasteiger partial charge in [0.1, 0.15) is 0 Å². The molecule has 1 aliphatic rings. The second-order valence-electron chi connectivity index (χ2n) is 6.00. The predicted molar refractivity (Wildman–Crippen MR) is 95.8 cm³/mol. The van der Waals surface area contributed by atoms with E-state index in [1.54, 1.807) is 7.11 Å². The molecule has 1 fully saturated rings. The van der Waals surface area contributed by atoms with Crippen molar-refractivity contribution in [3.05, 3.63) is 22.7 Å². The first kappa shape index (κ1) is 18.4. The predicted octanol–water partition coefficient (Wildman–Crippen LogP) is 3.71. The van der Waals surface area contributed by atoms with Crippen LogP contribution in [0.25, 0.3) is 0 Å². The molecule has 0 radical (unpaired) electrons. The molecule has 1 aromatic carbocycles. The van der Waals surface area contributed by atoms with Gasteiger partial charge in [0.25, 0.3) is 0 Å². The van der Waals surface area contributed by atoms with Crippen molar-refractivity contribution in [1.82, 2.24) is 10.2 Å². The zero-order valence-corrected chi connectivity index (χ0v) is 15.3. The maximum atomic E-state index is 6.21. The van der Waals surface area contributed by atoms with Crippen LogP contribution in [0.5, 0.6) is 11.5 Å². The minimum Gasteiger partial charge on any atom is -0.493 e. The second kappa shape index (κ2) is 9.36. The zero-order valence-electron chi connectivity index (χ0n) is 14.5. The smallest absolute Gasteiger partial charge is 0.165 e. The molecule has 1 N–H and O–H groups in total. The number of ether oxygens (including phenoxy) is 2. The van der Waals surface area contributed by atoms with E-state index in [2.05, 4.69) is 24.1 Å². The second-order valence-corrected chi connectivity index (χ2v) is 6.44. The fraction of sp³-hybridized carbons (Fsp3) is 0.667. The number of hydrogen-bond acceptors (Lipinski definition) is 4. The average molecular weight is 341 g/mol. The van der Waals surface area contributed by atoms with Crippen LogP contribution in [0.4, 0.5) is 0 Å². The van der Waals surface area contributed by atoms with E-state index in [0.29, 0.717) is 23.4 Å². The topological polar surface area (TPSA) is 33.7 Å². The van der Waals surface area contributed by atoms with E-state index in [4.69, 9.17) is 21.1 Å². The molecule has 0 bridgehead atoms. The molecule has 2 rings (SSSR count). The van der Waals surface area contributed by atoms with E-state index in [1.165, 1.54) is 19.4 Å². The number of nitrogens with zero attached hydrogens (tertiary/aromatic N) is 1. The Morgan fingerprint density at radius 1 is 1.35 bits per heavy atom. The van der Waals surface area contributed by atoms with Crippen LogP contribution in [0.3, 0.4) is 0 Å². The highest BCUT2D eigenvalue weighted by atomic mass is 35.5. The van der Waals surface area contributed by atoms with Gasteiger partial charge in [0.15, 0.2) is 11.5 Å². The summed E-state index contributed by atoms with van der Waals surface area (Å²) >= 11 is 6.21. The van der Waals surface area contributed by atoms with Crippen LogP contribution in [-0.2, 0) is 6.54 Å². The Bertz CT molecular complexity index is 496. The third-order valence-electron chi connectivity index (χ3n) is 4.37. The first-order valence-corrected chi connectivity index (χ1v) is 9.01. The summed E-state index contributed by atoms with van der Waals surface area (Å²) in [4.78, 5) is 2.54. The number of methoxy groups -OCH3 is 1. The third kappa shape index (κ3) is 5.00. The monoisotopic (exact) mass is 340 g/mol. The van der Waals surface area contributed by atoms with E-state index < -0.39 is 0 Å². The number of likely N-dealkylation sites (tertiary alicyclic amines) is 1. The number of hydrogen-bond donors (Lipinski definition) is 1. The lowest BCUT2D eigenvalue weighted by atomic mass is 10.1. The summed E-state index contributed by atoms with van der Waals surface area (Å²) in [6.45, 7) is 9.09. The quantitative estimate of drug-likeness (QED) is 0.743. The summed E-state index contributed by atoms with van der Waals surface area (Å²) in [5, 5.41) is 4.25. The fourth-order valence-corrected chi connectivity index (χ4v) is 3.42. The summed E-state index contributed by atoms with van der Waals surface area (Å²) in [6.07, 6.45) is 3.54. The van der Waals surface area contributed by atoms with Gasteiger partial charge in [0, 0.05) is 35.8 Å². The Kier molecular flexibility index (Phi) is 7.47. The highest BCUT2D eigenvalue weighted by molar-refractivity contribution is 6.30. The molecular weight excluding hydrogens is 312 g/mol. The van der Waals surface area contributed by atoms with E-state index in [-0.39, 0.29) is 0 Å². The number of likely N-dealkylation sites (N-methyl/N-ethyl adjacent to an activating group) is 1. The van der Waals surface area contributed by atoms with Gasteiger partial charge < -0.3 is 14.8 Å². The van der Waals surface area contributed by atoms with Gasteiger partial charge in [0.2, 0.25) is 0 Å². The van der Waals surface area contributed by atoms with Crippen LogP contribution in [-0.4, -0.2) is 44.3 Å². The Morgan fingerprint density at radius 2 is 2.17 bits per heavy atom. The molecule has 4 nitrogen and oxygen atoms in total. The zero-order chi connectivity index (χ0) is 16.7. The molecule has 1 aliphatic heterocycles. The van der Waals surface area contributed by atoms with Crippen molar-refractivity contribution in [2.75, 3.05) is 33.4 Å². The number of nitrogens with one attached hydrogen (secondary N) is 1. The first-order chi connectivity index (χ1) is 11.2. The van der Waals surface area contributed by atoms with Gasteiger partial charge in [-0.2, -0.15) is 0 Å². The third-order valence-corrected chi connectivity index (χ3v) is 4.59. The largest absolute Gasteiger partial charge is 0.493 e. The highest BCUT2D eigenvalue weighted by Crippen LogP contribution is 2.35. The van der Waals surface area contributed by atoms with Gasteiger partial charge in [-0.15, -0.1) is 0 Å². The molecule has 5 heteroatoms. The molecule has 0 aliphatic carbocycles. The standard InChI is InChI=1S/C18H29ClN2O2/c1-4-9-23-18-14(10-15(19)11-17(18)22-3)12-20-13-16-7-6-8-21(16)5-2/h10-11,16,20H,4-9,12-13H2,1-3H3. The van der Waals surface area contributed by atoms with Crippen LogP contribution in [0.2, 0.25) is 5.02 Å². The number of halogens is 1. The van der Waals surface area contributed by atoms with E-state index in [1.807, 2.05) is 12.1 Å². The Balaban J connectivity index is 2.01. The summed E-state index contributed by atoms with van der Waals surface area (Å²) in [5.74, 6) is 1.52. The molecule has 0 saturated carbocycles. The lowest BCUT2D eigenvalue weighted by Gasteiger charge is -2.23. The maximum absolute atomic E-state index is 6.21. The van der Waals surface area contributed by atoms with Gasteiger partial charge in [-0.25, -0.2) is 0 Å². The first-order valence-electron chi connectivity index (χ1n) is 8.63. The lowest BCUT2D eigenvalue weighted by molar-refractivity contribution is 0.258. The Hall–Kier alpha value is -0.970. The summed E-state index contributed by atoms with van der Waals surface area (Å²) in [5.41, 5.74) is 1.06. The van der Waals surface area contributed by atoms with Gasteiger partial charge >= 0.3 is 0 Å². The normalized spacial score (nSPS) is 18.3. The molecule has 130 valence electrons. The Labute approximate surface area is 145 Å². The van der Waals surface area contributed by atoms with E-state index in [0.717, 1.165) is 37.4 Å². The number of benzene rings is 1. The summed E-state index contributed by atoms with van der Waals surface area (Å²) in [7, 11) is 1.65.